The molecule has 23 heavy (non-hydrogen) atoms. The molecule has 0 saturated carbocycles. The number of nitrogens with zero attached hydrogens (tertiary/aromatic N) is 1. The molecule has 134 valence electrons. The first-order valence-electron chi connectivity index (χ1n) is 8.16. The van der Waals surface area contributed by atoms with Gasteiger partial charge in [0, 0.05) is 25.7 Å². The van der Waals surface area contributed by atoms with Gasteiger partial charge in [-0.2, -0.15) is 0 Å². The first-order valence-corrected chi connectivity index (χ1v) is 8.16. The summed E-state index contributed by atoms with van der Waals surface area (Å²) in [6, 6.07) is 0.160. The number of methoxy groups -OCH3 is 1. The summed E-state index contributed by atoms with van der Waals surface area (Å²) in [6.45, 7) is 10.7. The number of amides is 2. The van der Waals surface area contributed by atoms with Crippen molar-refractivity contribution >= 4 is 12.0 Å². The Morgan fingerprint density at radius 2 is 1.96 bits per heavy atom. The van der Waals surface area contributed by atoms with Crippen molar-refractivity contribution in [2.24, 2.45) is 0 Å². The van der Waals surface area contributed by atoms with E-state index in [9.17, 15) is 9.59 Å². The molecule has 0 radical (unpaired) electrons. The van der Waals surface area contributed by atoms with Crippen LogP contribution in [0.25, 0.3) is 0 Å². The summed E-state index contributed by atoms with van der Waals surface area (Å²) >= 11 is 0. The Kier molecular flexibility index (Phi) is 7.28. The summed E-state index contributed by atoms with van der Waals surface area (Å²) in [5.74, 6) is -0.0376. The van der Waals surface area contributed by atoms with Gasteiger partial charge in [-0.3, -0.25) is 4.79 Å². The van der Waals surface area contributed by atoms with E-state index in [0.29, 0.717) is 19.5 Å². The number of likely N-dealkylation sites (tertiary alicyclic amines) is 1. The molecule has 0 spiro atoms. The van der Waals surface area contributed by atoms with Crippen LogP contribution in [-0.2, 0) is 14.3 Å². The summed E-state index contributed by atoms with van der Waals surface area (Å²) in [5, 5.41) is 6.06. The van der Waals surface area contributed by atoms with E-state index in [2.05, 4.69) is 10.6 Å². The largest absolute Gasteiger partial charge is 0.444 e. The third kappa shape index (κ3) is 7.18. The Bertz CT molecular complexity index is 407. The lowest BCUT2D eigenvalue weighted by Gasteiger charge is -2.38. The highest BCUT2D eigenvalue weighted by Gasteiger charge is 2.33. The molecular formula is C16H31N3O4. The second kappa shape index (κ2) is 8.49. The van der Waals surface area contributed by atoms with Crippen LogP contribution in [-0.4, -0.2) is 67.4 Å². The standard InChI is InChI=1S/C16H31N3O4/c1-11(2)18-14(20)9-17-12-7-8-19(10-13(12)22-6)15(21)23-16(3,4)5/h11-13,17H,7-10H2,1-6H3,(H,18,20). The zero-order chi connectivity index (χ0) is 17.6. The van der Waals surface area contributed by atoms with Gasteiger partial charge in [0.05, 0.1) is 19.2 Å². The number of rotatable bonds is 5. The van der Waals surface area contributed by atoms with Crippen LogP contribution < -0.4 is 10.6 Å². The molecule has 0 aromatic rings. The Morgan fingerprint density at radius 1 is 1.30 bits per heavy atom. The summed E-state index contributed by atoms with van der Waals surface area (Å²) in [4.78, 5) is 25.5. The van der Waals surface area contributed by atoms with Gasteiger partial charge in [0.15, 0.2) is 0 Å². The normalized spacial score (nSPS) is 22.1. The molecule has 0 bridgehead atoms. The van der Waals surface area contributed by atoms with Crippen molar-refractivity contribution in [3.05, 3.63) is 0 Å². The van der Waals surface area contributed by atoms with Crippen LogP contribution in [0.15, 0.2) is 0 Å². The van der Waals surface area contributed by atoms with E-state index in [0.717, 1.165) is 0 Å². The summed E-state index contributed by atoms with van der Waals surface area (Å²) in [7, 11) is 1.62. The fourth-order valence-electron chi connectivity index (χ4n) is 2.48. The van der Waals surface area contributed by atoms with Gasteiger partial charge >= 0.3 is 6.09 Å². The van der Waals surface area contributed by atoms with Crippen LogP contribution in [0.5, 0.6) is 0 Å². The van der Waals surface area contributed by atoms with Gasteiger partial charge in [-0.15, -0.1) is 0 Å². The smallest absolute Gasteiger partial charge is 0.410 e. The molecule has 0 aromatic carbocycles. The molecule has 2 amide bonds. The quantitative estimate of drug-likeness (QED) is 0.790. The van der Waals surface area contributed by atoms with E-state index >= 15 is 0 Å². The monoisotopic (exact) mass is 329 g/mol. The maximum atomic E-state index is 12.1. The molecular weight excluding hydrogens is 298 g/mol. The van der Waals surface area contributed by atoms with Gasteiger partial charge in [0.2, 0.25) is 5.91 Å². The fourth-order valence-corrected chi connectivity index (χ4v) is 2.48. The molecule has 1 aliphatic rings. The summed E-state index contributed by atoms with van der Waals surface area (Å²) < 4.78 is 10.9. The Balaban J connectivity index is 2.49. The first-order chi connectivity index (χ1) is 10.6. The lowest BCUT2D eigenvalue weighted by Crippen LogP contribution is -2.56. The lowest BCUT2D eigenvalue weighted by atomic mass is 10.0. The van der Waals surface area contributed by atoms with E-state index < -0.39 is 5.60 Å². The molecule has 1 fully saturated rings. The van der Waals surface area contributed by atoms with Crippen molar-refractivity contribution in [3.63, 3.8) is 0 Å². The molecule has 1 aliphatic heterocycles. The highest BCUT2D eigenvalue weighted by Crippen LogP contribution is 2.17. The molecule has 2 atom stereocenters. The summed E-state index contributed by atoms with van der Waals surface area (Å²) in [6.07, 6.45) is 0.228. The van der Waals surface area contributed by atoms with Crippen molar-refractivity contribution in [2.75, 3.05) is 26.7 Å². The molecule has 1 heterocycles. The zero-order valence-electron chi connectivity index (χ0n) is 15.1. The van der Waals surface area contributed by atoms with Crippen LogP contribution in [0.1, 0.15) is 41.0 Å². The Hall–Kier alpha value is -1.34. The number of piperidine rings is 1. The highest BCUT2D eigenvalue weighted by atomic mass is 16.6. The van der Waals surface area contributed by atoms with Crippen LogP contribution >= 0.6 is 0 Å². The Labute approximate surface area is 139 Å². The molecule has 7 heteroatoms. The lowest BCUT2D eigenvalue weighted by molar-refractivity contribution is -0.121. The maximum absolute atomic E-state index is 12.1. The van der Waals surface area contributed by atoms with Gasteiger partial charge in [0.25, 0.3) is 0 Å². The number of carbonyl (C=O) groups is 2. The fraction of sp³-hybridized carbons (Fsp3) is 0.875. The number of nitrogens with one attached hydrogen (secondary N) is 2. The van der Waals surface area contributed by atoms with Gasteiger partial charge in [-0.1, -0.05) is 0 Å². The summed E-state index contributed by atoms with van der Waals surface area (Å²) in [5.41, 5.74) is -0.510. The SMILES string of the molecule is COC1CN(C(=O)OC(C)(C)C)CCC1NCC(=O)NC(C)C. The highest BCUT2D eigenvalue weighted by molar-refractivity contribution is 5.78. The minimum Gasteiger partial charge on any atom is -0.444 e. The van der Waals surface area contributed by atoms with Gasteiger partial charge < -0.3 is 25.0 Å². The van der Waals surface area contributed by atoms with Crippen LogP contribution in [0.4, 0.5) is 4.79 Å². The van der Waals surface area contributed by atoms with Crippen molar-refractivity contribution in [3.8, 4) is 0 Å². The average molecular weight is 329 g/mol. The molecule has 0 aromatic heterocycles. The third-order valence-electron chi connectivity index (χ3n) is 3.49. The zero-order valence-corrected chi connectivity index (χ0v) is 15.1. The molecule has 1 rings (SSSR count). The first kappa shape index (κ1) is 19.7. The van der Waals surface area contributed by atoms with E-state index in [1.165, 1.54) is 0 Å². The van der Waals surface area contributed by atoms with Gasteiger partial charge in [-0.25, -0.2) is 4.79 Å². The molecule has 1 saturated heterocycles. The molecule has 0 aliphatic carbocycles. The predicted molar refractivity (Wildman–Crippen MR) is 88.3 cm³/mol. The van der Waals surface area contributed by atoms with E-state index in [4.69, 9.17) is 9.47 Å². The van der Waals surface area contributed by atoms with Crippen LogP contribution in [0, 0.1) is 0 Å². The topological polar surface area (TPSA) is 79.9 Å². The minimum atomic E-state index is -0.510. The van der Waals surface area contributed by atoms with Crippen LogP contribution in [0.3, 0.4) is 0 Å². The van der Waals surface area contributed by atoms with E-state index in [1.54, 1.807) is 12.0 Å². The minimum absolute atomic E-state index is 0.0376. The second-order valence-corrected chi connectivity index (χ2v) is 7.20. The number of ether oxygens (including phenoxy) is 2. The van der Waals surface area contributed by atoms with E-state index in [1.807, 2.05) is 34.6 Å². The van der Waals surface area contributed by atoms with Crippen molar-refractivity contribution in [1.29, 1.82) is 0 Å². The van der Waals surface area contributed by atoms with Gasteiger partial charge in [0.1, 0.15) is 5.60 Å². The predicted octanol–water partition coefficient (Wildman–Crippen LogP) is 1.13. The molecule has 2 unspecified atom stereocenters. The number of hydrogen-bond acceptors (Lipinski definition) is 5. The van der Waals surface area contributed by atoms with Gasteiger partial charge in [-0.05, 0) is 41.0 Å². The van der Waals surface area contributed by atoms with Crippen molar-refractivity contribution < 1.29 is 19.1 Å². The van der Waals surface area contributed by atoms with Crippen LogP contribution in [0.2, 0.25) is 0 Å². The van der Waals surface area contributed by atoms with Crippen molar-refractivity contribution in [2.45, 2.75) is 64.8 Å². The second-order valence-electron chi connectivity index (χ2n) is 7.20. The molecule has 7 nitrogen and oxygen atoms in total. The third-order valence-corrected chi connectivity index (χ3v) is 3.49. The molecule has 2 N–H and O–H groups in total. The number of carbonyl (C=O) groups excluding carboxylic acids is 2. The maximum Gasteiger partial charge on any atom is 0.410 e. The van der Waals surface area contributed by atoms with E-state index in [-0.39, 0.29) is 36.7 Å². The number of hydrogen-bond donors (Lipinski definition) is 2. The Morgan fingerprint density at radius 3 is 2.48 bits per heavy atom. The van der Waals surface area contributed by atoms with Crippen molar-refractivity contribution in [1.82, 2.24) is 15.5 Å². The average Bonchev–Trinajstić information content (AvgIpc) is 2.42.